The zero-order valence-corrected chi connectivity index (χ0v) is 14.3. The highest BCUT2D eigenvalue weighted by atomic mass is 32.2. The summed E-state index contributed by atoms with van der Waals surface area (Å²) < 4.78 is 46.0. The van der Waals surface area contributed by atoms with Gasteiger partial charge in [0.05, 0.1) is 10.6 Å². The molecule has 2 aliphatic carbocycles. The third-order valence-electron chi connectivity index (χ3n) is 4.99. The van der Waals surface area contributed by atoms with Crippen LogP contribution in [-0.4, -0.2) is 9.32 Å². The first-order valence-electron chi connectivity index (χ1n) is 8.27. The fourth-order valence-electron chi connectivity index (χ4n) is 3.88. The lowest BCUT2D eigenvalue weighted by atomic mass is 9.98. The maximum atomic E-state index is 14.7. The smallest absolute Gasteiger partial charge is 0.145 e. The summed E-state index contributed by atoms with van der Waals surface area (Å²) in [5.41, 5.74) is 3.29. The molecule has 0 aliphatic heterocycles. The van der Waals surface area contributed by atoms with Crippen molar-refractivity contribution in [1.82, 2.24) is 0 Å². The Bertz CT molecular complexity index is 976. The highest BCUT2D eigenvalue weighted by Gasteiger charge is 2.30. The van der Waals surface area contributed by atoms with E-state index in [2.05, 4.69) is 4.36 Å². The van der Waals surface area contributed by atoms with Crippen LogP contribution in [0.2, 0.25) is 0 Å². The van der Waals surface area contributed by atoms with Crippen molar-refractivity contribution < 1.29 is 18.1 Å². The van der Waals surface area contributed by atoms with Crippen molar-refractivity contribution >= 4 is 15.6 Å². The van der Waals surface area contributed by atoms with Crippen LogP contribution in [0.3, 0.4) is 0 Å². The molecule has 7 heteroatoms. The van der Waals surface area contributed by atoms with Crippen molar-refractivity contribution in [3.05, 3.63) is 52.1 Å². The molecule has 0 radical (unpaired) electrons. The van der Waals surface area contributed by atoms with Crippen LogP contribution in [-0.2, 0) is 35.6 Å². The second kappa shape index (κ2) is 5.78. The average molecular weight is 364 g/mol. The van der Waals surface area contributed by atoms with E-state index in [1.54, 1.807) is 0 Å². The number of hydrogen-bond acceptors (Lipinski definition) is 3. The highest BCUT2D eigenvalue weighted by Crippen LogP contribution is 2.43. The fourth-order valence-corrected chi connectivity index (χ4v) is 5.07. The van der Waals surface area contributed by atoms with Crippen LogP contribution in [0.25, 0.3) is 0 Å². The summed E-state index contributed by atoms with van der Waals surface area (Å²) in [6, 6.07) is 3.26. The van der Waals surface area contributed by atoms with Crippen molar-refractivity contribution in [3.63, 3.8) is 0 Å². The summed E-state index contributed by atoms with van der Waals surface area (Å²) in [4.78, 5) is -0.256. The van der Waals surface area contributed by atoms with Gasteiger partial charge < -0.3 is 5.11 Å². The van der Waals surface area contributed by atoms with Gasteiger partial charge in [0.1, 0.15) is 27.3 Å². The SMILES string of the molecule is NS(=O)(=Nc1c2c(c(F)c3c1CCC3)CCC2)c1ccc(O)cc1F. The van der Waals surface area contributed by atoms with E-state index in [-0.39, 0.29) is 16.5 Å². The van der Waals surface area contributed by atoms with Crippen LogP contribution in [0.15, 0.2) is 27.5 Å². The van der Waals surface area contributed by atoms with Gasteiger partial charge in [-0.05, 0) is 72.9 Å². The second-order valence-corrected chi connectivity index (χ2v) is 8.32. The summed E-state index contributed by atoms with van der Waals surface area (Å²) in [7, 11) is -3.55. The van der Waals surface area contributed by atoms with Gasteiger partial charge in [0.2, 0.25) is 0 Å². The van der Waals surface area contributed by atoms with E-state index in [0.29, 0.717) is 42.5 Å². The van der Waals surface area contributed by atoms with E-state index < -0.39 is 15.7 Å². The van der Waals surface area contributed by atoms with Crippen molar-refractivity contribution in [2.24, 2.45) is 9.50 Å². The quantitative estimate of drug-likeness (QED) is 0.853. The molecule has 132 valence electrons. The van der Waals surface area contributed by atoms with Gasteiger partial charge in [-0.3, -0.25) is 0 Å². The van der Waals surface area contributed by atoms with Gasteiger partial charge in [-0.15, -0.1) is 0 Å². The van der Waals surface area contributed by atoms with E-state index in [9.17, 15) is 18.1 Å². The zero-order chi connectivity index (χ0) is 17.8. The molecule has 1 atom stereocenters. The molecule has 0 saturated heterocycles. The van der Waals surface area contributed by atoms with Gasteiger partial charge >= 0.3 is 0 Å². The Morgan fingerprint density at radius 3 is 2.12 bits per heavy atom. The van der Waals surface area contributed by atoms with E-state index in [0.717, 1.165) is 30.0 Å². The minimum Gasteiger partial charge on any atom is -0.508 e. The Hall–Kier alpha value is -1.99. The predicted molar refractivity (Wildman–Crippen MR) is 91.2 cm³/mol. The molecule has 0 spiro atoms. The Morgan fingerprint density at radius 2 is 1.56 bits per heavy atom. The van der Waals surface area contributed by atoms with E-state index >= 15 is 0 Å². The summed E-state index contributed by atoms with van der Waals surface area (Å²) in [6.07, 6.45) is 4.22. The molecule has 1 unspecified atom stereocenters. The molecule has 4 nitrogen and oxygen atoms in total. The van der Waals surface area contributed by atoms with Gasteiger partial charge in [0, 0.05) is 6.07 Å². The number of aromatic hydroxyl groups is 1. The molecule has 2 aliphatic rings. The lowest BCUT2D eigenvalue weighted by Gasteiger charge is -2.14. The van der Waals surface area contributed by atoms with E-state index in [1.165, 1.54) is 12.1 Å². The monoisotopic (exact) mass is 364 g/mol. The van der Waals surface area contributed by atoms with E-state index in [4.69, 9.17) is 5.14 Å². The Kier molecular flexibility index (Phi) is 3.81. The molecular formula is C18H18F2N2O2S. The average Bonchev–Trinajstić information content (AvgIpc) is 3.20. The first kappa shape index (κ1) is 16.5. The largest absolute Gasteiger partial charge is 0.508 e. The number of phenols is 1. The number of nitrogens with zero attached hydrogens (tertiary/aromatic N) is 1. The van der Waals surface area contributed by atoms with Gasteiger partial charge in [0.25, 0.3) is 0 Å². The van der Waals surface area contributed by atoms with Gasteiger partial charge in [-0.1, -0.05) is 0 Å². The molecule has 0 fully saturated rings. The highest BCUT2D eigenvalue weighted by molar-refractivity contribution is 7.91. The van der Waals surface area contributed by atoms with Crippen LogP contribution in [0.1, 0.15) is 35.1 Å². The normalized spacial score (nSPS) is 17.9. The van der Waals surface area contributed by atoms with Crippen molar-refractivity contribution in [1.29, 1.82) is 0 Å². The van der Waals surface area contributed by atoms with Crippen LogP contribution in [0, 0.1) is 11.6 Å². The molecule has 3 N–H and O–H groups in total. The molecule has 4 rings (SSSR count). The van der Waals surface area contributed by atoms with Crippen molar-refractivity contribution in [2.75, 3.05) is 0 Å². The summed E-state index contributed by atoms with van der Waals surface area (Å²) >= 11 is 0. The number of fused-ring (bicyclic) bond motifs is 2. The van der Waals surface area contributed by atoms with Crippen molar-refractivity contribution in [2.45, 2.75) is 43.4 Å². The van der Waals surface area contributed by atoms with Gasteiger partial charge in [-0.2, -0.15) is 4.36 Å². The third kappa shape index (κ3) is 2.62. The van der Waals surface area contributed by atoms with Crippen LogP contribution < -0.4 is 5.14 Å². The van der Waals surface area contributed by atoms with Crippen LogP contribution in [0.4, 0.5) is 14.5 Å². The molecule has 0 amide bonds. The van der Waals surface area contributed by atoms with Crippen molar-refractivity contribution in [3.8, 4) is 5.75 Å². The summed E-state index contributed by atoms with van der Waals surface area (Å²) in [5.74, 6) is -1.30. The minimum absolute atomic E-state index is 0.154. The predicted octanol–water partition coefficient (Wildman–Crippen LogP) is 3.68. The first-order chi connectivity index (χ1) is 11.9. The number of nitrogens with two attached hydrogens (primary N) is 1. The third-order valence-corrected chi connectivity index (χ3v) is 6.41. The number of hydrogen-bond donors (Lipinski definition) is 2. The molecule has 25 heavy (non-hydrogen) atoms. The lowest BCUT2D eigenvalue weighted by molar-refractivity contribution is 0.466. The molecule has 0 heterocycles. The van der Waals surface area contributed by atoms with Crippen LogP contribution >= 0.6 is 0 Å². The second-order valence-electron chi connectivity index (χ2n) is 6.56. The number of halogens is 2. The molecule has 0 bridgehead atoms. The van der Waals surface area contributed by atoms with Crippen LogP contribution in [0.5, 0.6) is 5.75 Å². The Labute approximate surface area is 145 Å². The number of benzene rings is 2. The number of rotatable bonds is 2. The summed E-state index contributed by atoms with van der Waals surface area (Å²) in [5, 5.41) is 15.2. The topological polar surface area (TPSA) is 75.7 Å². The Balaban J connectivity index is 1.97. The molecule has 0 aromatic heterocycles. The Morgan fingerprint density at radius 1 is 1.00 bits per heavy atom. The standard InChI is InChI=1S/C18H18F2N2O2S/c19-15-9-10(23)7-8-16(15)25(21,24)22-18-13-5-1-3-11(13)17(20)12-4-2-6-14(12)18/h7-9,23H,1-6H2,(H2,21,22,24). The first-order valence-corrected chi connectivity index (χ1v) is 9.84. The maximum Gasteiger partial charge on any atom is 0.145 e. The molecular weight excluding hydrogens is 346 g/mol. The maximum absolute atomic E-state index is 14.7. The fraction of sp³-hybridized carbons (Fsp3) is 0.333. The number of phenolic OH excluding ortho intramolecular Hbond substituents is 1. The lowest BCUT2D eigenvalue weighted by Crippen LogP contribution is -2.14. The van der Waals surface area contributed by atoms with E-state index in [1.807, 2.05) is 0 Å². The molecule has 2 aromatic rings. The minimum atomic E-state index is -3.55. The van der Waals surface area contributed by atoms with Gasteiger partial charge in [0.15, 0.2) is 0 Å². The molecule has 2 aromatic carbocycles. The van der Waals surface area contributed by atoms with Gasteiger partial charge in [-0.25, -0.2) is 18.1 Å². The summed E-state index contributed by atoms with van der Waals surface area (Å²) in [6.45, 7) is 0. The molecule has 0 saturated carbocycles. The zero-order valence-electron chi connectivity index (χ0n) is 13.5.